The molecule has 115 heavy (non-hydrogen) atoms. The summed E-state index contributed by atoms with van der Waals surface area (Å²) in [6, 6.07) is 158. The Bertz CT molecular complexity index is 5350. The third-order valence-electron chi connectivity index (χ3n) is 20.7. The van der Waals surface area contributed by atoms with E-state index in [1.54, 1.807) is 0 Å². The molecule has 0 aromatic heterocycles. The molecule has 0 radical (unpaired) electrons. The van der Waals surface area contributed by atoms with E-state index in [1.807, 2.05) is 0 Å². The van der Waals surface area contributed by atoms with Crippen LogP contribution in [0.3, 0.4) is 0 Å². The van der Waals surface area contributed by atoms with Crippen LogP contribution in [0.2, 0.25) is 0 Å². The maximum absolute atomic E-state index is 2.36. The number of rotatable bonds is 22. The van der Waals surface area contributed by atoms with Gasteiger partial charge in [-0.1, -0.05) is 188 Å². The minimum absolute atomic E-state index is 1.06. The molecule has 17 aromatic rings. The van der Waals surface area contributed by atoms with E-state index in [9.17, 15) is 0 Å². The molecule has 0 N–H and O–H groups in total. The summed E-state index contributed by atoms with van der Waals surface area (Å²) >= 11 is 0. The Balaban J connectivity index is 0.000000177. The molecular formula is C108H91N7. The van der Waals surface area contributed by atoms with Crippen molar-refractivity contribution < 1.29 is 0 Å². The molecule has 0 amide bonds. The Hall–Kier alpha value is -14.7. The molecule has 558 valence electrons. The van der Waals surface area contributed by atoms with Crippen LogP contribution in [0, 0.1) is 41.5 Å². The lowest BCUT2D eigenvalue weighted by molar-refractivity contribution is 1.23. The van der Waals surface area contributed by atoms with Crippen LogP contribution in [-0.4, -0.2) is 0 Å². The van der Waals surface area contributed by atoms with Crippen LogP contribution in [0.25, 0.3) is 11.1 Å². The van der Waals surface area contributed by atoms with Crippen LogP contribution < -0.4 is 34.3 Å². The summed E-state index contributed by atoms with van der Waals surface area (Å²) in [6.45, 7) is 12.9. The minimum Gasteiger partial charge on any atom is -0.311 e. The molecule has 0 unspecified atom stereocenters. The van der Waals surface area contributed by atoms with Gasteiger partial charge in [-0.2, -0.15) is 0 Å². The van der Waals surface area contributed by atoms with Gasteiger partial charge >= 0.3 is 0 Å². The molecule has 17 rings (SSSR count). The second-order valence-electron chi connectivity index (χ2n) is 29.2. The lowest BCUT2D eigenvalue weighted by Crippen LogP contribution is -2.14. The summed E-state index contributed by atoms with van der Waals surface area (Å²) in [5, 5.41) is 0. The van der Waals surface area contributed by atoms with Gasteiger partial charge in [0.25, 0.3) is 0 Å². The van der Waals surface area contributed by atoms with Gasteiger partial charge in [0, 0.05) is 119 Å². The van der Waals surface area contributed by atoms with Crippen LogP contribution in [0.15, 0.2) is 443 Å². The smallest absolute Gasteiger partial charge is 0.0464 e. The summed E-state index contributed by atoms with van der Waals surface area (Å²) in [5.41, 5.74) is 32.7. The van der Waals surface area contributed by atoms with Gasteiger partial charge in [0.15, 0.2) is 0 Å². The van der Waals surface area contributed by atoms with E-state index in [0.29, 0.717) is 0 Å². The second-order valence-corrected chi connectivity index (χ2v) is 29.2. The topological polar surface area (TPSA) is 22.7 Å². The third-order valence-corrected chi connectivity index (χ3v) is 20.7. The number of aryl methyl sites for hydroxylation is 6. The van der Waals surface area contributed by atoms with Gasteiger partial charge in [-0.3, -0.25) is 0 Å². The first-order valence-electron chi connectivity index (χ1n) is 39.4. The van der Waals surface area contributed by atoms with Gasteiger partial charge < -0.3 is 34.3 Å². The maximum atomic E-state index is 2.36. The summed E-state index contributed by atoms with van der Waals surface area (Å²) in [4.78, 5) is 16.3. The predicted molar refractivity (Wildman–Crippen MR) is 490 cm³/mol. The molecule has 0 heterocycles. The fourth-order valence-electron chi connectivity index (χ4n) is 15.2. The Morgan fingerprint density at radius 2 is 0.226 bits per heavy atom. The number of para-hydroxylation sites is 4. The first-order chi connectivity index (χ1) is 56.5. The van der Waals surface area contributed by atoms with E-state index in [0.717, 1.165) is 119 Å². The quantitative estimate of drug-likeness (QED) is 0.0666. The van der Waals surface area contributed by atoms with Crippen LogP contribution >= 0.6 is 0 Å². The molecule has 0 aliphatic heterocycles. The average molecular weight is 1490 g/mol. The van der Waals surface area contributed by atoms with Crippen molar-refractivity contribution in [3.8, 4) is 11.1 Å². The second kappa shape index (κ2) is 34.7. The SMILES string of the molecule is Cc1cccc(N(c2ccc(N(c3ccc(N(c4cccc(C)c4)c4cccc(C)c4)cc3)c3ccc(N(c4cccc(C)c4)c4cccc(C)c4)cc3)cc2)c2cccc(C)c2)c1.c1ccc(-c2ccc(N(c3ccc(N(c4ccccc4)c4ccccc4)cc3)c3ccc(N(c4ccccc4)c4ccccc4)cc3)cc2)cc1. The first kappa shape index (κ1) is 74.4. The van der Waals surface area contributed by atoms with Crippen molar-refractivity contribution in [3.63, 3.8) is 0 Å². The van der Waals surface area contributed by atoms with Crippen molar-refractivity contribution in [3.05, 3.63) is 476 Å². The Morgan fingerprint density at radius 3 is 0.391 bits per heavy atom. The Morgan fingerprint density at radius 1 is 0.104 bits per heavy atom. The predicted octanol–water partition coefficient (Wildman–Crippen LogP) is 31.2. The van der Waals surface area contributed by atoms with E-state index < -0.39 is 0 Å². The standard InChI is InChI=1S/C60H54N4.C48H37N3/c1-43-13-7-19-55(37-43)62(56-20-8-14-44(2)38-56)52-31-25-49(26-32-52)61(50-27-33-53(34-28-50)63(57-21-9-15-45(3)39-57)58-22-10-16-46(4)40-58)51-29-35-54(36-30-51)64(59-23-11-17-47(5)41-59)60-24-12-18-48(6)42-60;1-6-16-38(17-7-1)39-26-28-44(29-27-39)51(47-34-30-45(31-35-47)49(40-18-8-2-9-19-40)41-20-10-3-11-21-41)48-36-32-46(33-37-48)50(42-22-12-4-13-23-42)43-24-14-5-15-25-43/h7-42H,1-6H3;1-37H. The molecule has 0 spiro atoms. The van der Waals surface area contributed by atoms with Gasteiger partial charge in [0.1, 0.15) is 0 Å². The van der Waals surface area contributed by atoms with Gasteiger partial charge in [-0.25, -0.2) is 0 Å². The van der Waals surface area contributed by atoms with E-state index in [2.05, 4.69) is 519 Å². The van der Waals surface area contributed by atoms with Crippen LogP contribution in [-0.2, 0) is 0 Å². The highest BCUT2D eigenvalue weighted by Gasteiger charge is 2.23. The van der Waals surface area contributed by atoms with Gasteiger partial charge in [-0.05, 0) is 341 Å². The largest absolute Gasteiger partial charge is 0.311 e. The zero-order chi connectivity index (χ0) is 78.4. The van der Waals surface area contributed by atoms with Gasteiger partial charge in [0.2, 0.25) is 0 Å². The van der Waals surface area contributed by atoms with Crippen LogP contribution in [0.1, 0.15) is 33.4 Å². The van der Waals surface area contributed by atoms with Crippen molar-refractivity contribution in [1.29, 1.82) is 0 Å². The first-order valence-corrected chi connectivity index (χ1v) is 39.4. The van der Waals surface area contributed by atoms with Crippen molar-refractivity contribution in [2.75, 3.05) is 34.3 Å². The molecule has 7 nitrogen and oxygen atoms in total. The number of anilines is 21. The molecule has 0 aliphatic carbocycles. The molecule has 0 saturated carbocycles. The maximum Gasteiger partial charge on any atom is 0.0464 e. The van der Waals surface area contributed by atoms with Crippen LogP contribution in [0.5, 0.6) is 0 Å². The fraction of sp³-hybridized carbons (Fsp3) is 0.0556. The zero-order valence-corrected chi connectivity index (χ0v) is 65.8. The van der Waals surface area contributed by atoms with E-state index >= 15 is 0 Å². The highest BCUT2D eigenvalue weighted by atomic mass is 15.2. The third kappa shape index (κ3) is 17.3. The molecule has 0 aliphatic rings. The average Bonchev–Trinajstić information content (AvgIpc) is 0.800. The number of hydrogen-bond acceptors (Lipinski definition) is 7. The number of hydrogen-bond donors (Lipinski definition) is 0. The molecule has 0 bridgehead atoms. The highest BCUT2D eigenvalue weighted by molar-refractivity contribution is 5.88. The molecule has 0 saturated heterocycles. The van der Waals surface area contributed by atoms with Gasteiger partial charge in [0.05, 0.1) is 0 Å². The van der Waals surface area contributed by atoms with Crippen molar-refractivity contribution in [2.24, 2.45) is 0 Å². The zero-order valence-electron chi connectivity index (χ0n) is 65.8. The summed E-state index contributed by atoms with van der Waals surface area (Å²) in [5.74, 6) is 0. The number of nitrogens with zero attached hydrogens (tertiary/aromatic N) is 7. The summed E-state index contributed by atoms with van der Waals surface area (Å²) < 4.78 is 0. The lowest BCUT2D eigenvalue weighted by Gasteiger charge is -2.30. The monoisotopic (exact) mass is 1490 g/mol. The Labute approximate surface area is 678 Å². The summed E-state index contributed by atoms with van der Waals surface area (Å²) in [6.07, 6.45) is 0. The van der Waals surface area contributed by atoms with E-state index in [-0.39, 0.29) is 0 Å². The highest BCUT2D eigenvalue weighted by Crippen LogP contribution is 2.46. The number of benzene rings is 17. The Kier molecular flexibility index (Phi) is 22.5. The van der Waals surface area contributed by atoms with Crippen molar-refractivity contribution in [2.45, 2.75) is 41.5 Å². The van der Waals surface area contributed by atoms with E-state index in [1.165, 1.54) is 44.5 Å². The van der Waals surface area contributed by atoms with Crippen LogP contribution in [0.4, 0.5) is 119 Å². The summed E-state index contributed by atoms with van der Waals surface area (Å²) in [7, 11) is 0. The van der Waals surface area contributed by atoms with Crippen molar-refractivity contribution >= 4 is 119 Å². The van der Waals surface area contributed by atoms with Crippen molar-refractivity contribution in [1.82, 2.24) is 0 Å². The molecule has 7 heteroatoms. The minimum atomic E-state index is 1.06. The fourth-order valence-corrected chi connectivity index (χ4v) is 15.2. The molecule has 0 atom stereocenters. The normalized spacial score (nSPS) is 10.9. The molecule has 0 fully saturated rings. The lowest BCUT2D eigenvalue weighted by atomic mass is 10.0. The van der Waals surface area contributed by atoms with Gasteiger partial charge in [-0.15, -0.1) is 0 Å². The molecular weight excluding hydrogens is 1400 g/mol. The molecule has 17 aromatic carbocycles. The van der Waals surface area contributed by atoms with E-state index in [4.69, 9.17) is 0 Å².